The molecule has 0 fully saturated rings. The fourth-order valence-corrected chi connectivity index (χ4v) is 3.66. The van der Waals surface area contributed by atoms with Gasteiger partial charge in [-0.15, -0.1) is 11.3 Å². The van der Waals surface area contributed by atoms with Gasteiger partial charge in [-0.2, -0.15) is 0 Å². The van der Waals surface area contributed by atoms with E-state index in [0.29, 0.717) is 18.9 Å². The number of thiophene rings is 1. The third-order valence-electron chi connectivity index (χ3n) is 4.60. The van der Waals surface area contributed by atoms with Crippen LogP contribution in [0, 0.1) is 0 Å². The second-order valence-electron chi connectivity index (χ2n) is 6.72. The molecule has 0 aliphatic rings. The van der Waals surface area contributed by atoms with Crippen LogP contribution in [0.3, 0.4) is 0 Å². The summed E-state index contributed by atoms with van der Waals surface area (Å²) >= 11 is 1.67. The lowest BCUT2D eigenvalue weighted by Crippen LogP contribution is -3.11. The molecule has 0 radical (unpaired) electrons. The number of nitrogens with one attached hydrogen (secondary N) is 2. The van der Waals surface area contributed by atoms with Crippen molar-refractivity contribution in [3.8, 4) is 11.5 Å². The summed E-state index contributed by atoms with van der Waals surface area (Å²) in [7, 11) is 1.65. The minimum Gasteiger partial charge on any atom is -0.493 e. The monoisotopic (exact) mass is 411 g/mol. The lowest BCUT2D eigenvalue weighted by atomic mass is 10.2. The van der Waals surface area contributed by atoms with Crippen LogP contribution in [-0.4, -0.2) is 26.1 Å². The molecule has 0 saturated carbocycles. The zero-order valence-electron chi connectivity index (χ0n) is 16.8. The molecular weight excluding hydrogens is 384 g/mol. The molecule has 3 rings (SSSR count). The quantitative estimate of drug-likeness (QED) is 0.538. The van der Waals surface area contributed by atoms with E-state index in [1.54, 1.807) is 18.4 Å². The first-order valence-electron chi connectivity index (χ1n) is 9.68. The maximum absolute atomic E-state index is 12.4. The third kappa shape index (κ3) is 6.34. The average Bonchev–Trinajstić information content (AvgIpc) is 3.26. The molecule has 2 aromatic carbocycles. The van der Waals surface area contributed by atoms with Crippen LogP contribution >= 0.6 is 11.3 Å². The summed E-state index contributed by atoms with van der Waals surface area (Å²) < 4.78 is 11.4. The van der Waals surface area contributed by atoms with Gasteiger partial charge < -0.3 is 19.7 Å². The molecule has 5 nitrogen and oxygen atoms in total. The average molecular weight is 412 g/mol. The number of anilines is 1. The highest BCUT2D eigenvalue weighted by Gasteiger charge is 2.15. The van der Waals surface area contributed by atoms with E-state index in [1.165, 1.54) is 9.78 Å². The molecule has 1 atom stereocenters. The van der Waals surface area contributed by atoms with Crippen molar-refractivity contribution in [1.82, 2.24) is 0 Å². The minimum atomic E-state index is 0.0101. The predicted molar refractivity (Wildman–Crippen MR) is 117 cm³/mol. The Balaban J connectivity index is 1.59. The molecule has 152 valence electrons. The first-order chi connectivity index (χ1) is 14.2. The summed E-state index contributed by atoms with van der Waals surface area (Å²) in [6.45, 7) is 4.60. The number of rotatable bonds is 10. The molecule has 29 heavy (non-hydrogen) atoms. The number of para-hydroxylation sites is 1. The minimum absolute atomic E-state index is 0.0101. The number of hydrogen-bond acceptors (Lipinski definition) is 4. The van der Waals surface area contributed by atoms with Gasteiger partial charge in [0.2, 0.25) is 0 Å². The van der Waals surface area contributed by atoms with Crippen molar-refractivity contribution in [2.45, 2.75) is 20.1 Å². The van der Waals surface area contributed by atoms with Crippen molar-refractivity contribution in [2.24, 2.45) is 0 Å². The van der Waals surface area contributed by atoms with Crippen molar-refractivity contribution in [2.75, 3.05) is 25.5 Å². The zero-order chi connectivity index (χ0) is 20.5. The number of benzene rings is 2. The summed E-state index contributed by atoms with van der Waals surface area (Å²) in [5.74, 6) is 1.45. The molecule has 0 bridgehead atoms. The maximum atomic E-state index is 12.4. The number of hydrogen-bond donors (Lipinski definition) is 2. The summed E-state index contributed by atoms with van der Waals surface area (Å²) in [4.78, 5) is 14.7. The Morgan fingerprint density at radius 1 is 1.07 bits per heavy atom. The van der Waals surface area contributed by atoms with Gasteiger partial charge in [0.25, 0.3) is 5.91 Å². The Hall–Kier alpha value is -2.83. The predicted octanol–water partition coefficient (Wildman–Crippen LogP) is 3.38. The second-order valence-corrected chi connectivity index (χ2v) is 7.76. The van der Waals surface area contributed by atoms with Gasteiger partial charge in [0.05, 0.1) is 13.7 Å². The Morgan fingerprint density at radius 2 is 1.90 bits per heavy atom. The molecule has 0 spiro atoms. The van der Waals surface area contributed by atoms with Crippen LogP contribution in [0.2, 0.25) is 0 Å². The SMILES string of the molecule is CC[NH+](CC(=O)Nc1ccccc1)Cc1ccc(OCc2cccs2)c(OC)c1. The topological polar surface area (TPSA) is 52.0 Å². The Morgan fingerprint density at radius 3 is 2.59 bits per heavy atom. The highest BCUT2D eigenvalue weighted by Crippen LogP contribution is 2.29. The fraction of sp³-hybridized carbons (Fsp3) is 0.261. The van der Waals surface area contributed by atoms with E-state index in [2.05, 4.69) is 18.3 Å². The Bertz CT molecular complexity index is 898. The summed E-state index contributed by atoms with van der Waals surface area (Å²) in [5.41, 5.74) is 1.93. The van der Waals surface area contributed by atoms with Crippen LogP contribution in [0.25, 0.3) is 0 Å². The van der Waals surface area contributed by atoms with Crippen LogP contribution < -0.4 is 19.7 Å². The van der Waals surface area contributed by atoms with E-state index in [-0.39, 0.29) is 5.91 Å². The smallest absolute Gasteiger partial charge is 0.279 e. The van der Waals surface area contributed by atoms with Crippen molar-refractivity contribution >= 4 is 22.9 Å². The molecule has 1 unspecified atom stereocenters. The number of carbonyl (C=O) groups excluding carboxylic acids is 1. The number of methoxy groups -OCH3 is 1. The normalized spacial score (nSPS) is 11.7. The van der Waals surface area contributed by atoms with Gasteiger partial charge >= 0.3 is 0 Å². The number of ether oxygens (including phenoxy) is 2. The molecule has 1 aromatic heterocycles. The Kier molecular flexibility index (Phi) is 7.67. The van der Waals surface area contributed by atoms with E-state index < -0.39 is 0 Å². The first kappa shape index (κ1) is 20.9. The fourth-order valence-electron chi connectivity index (χ4n) is 3.04. The molecule has 2 N–H and O–H groups in total. The molecule has 3 aromatic rings. The summed E-state index contributed by atoms with van der Waals surface area (Å²) in [6, 6.07) is 19.6. The van der Waals surface area contributed by atoms with Crippen LogP contribution in [0.5, 0.6) is 11.5 Å². The zero-order valence-corrected chi connectivity index (χ0v) is 17.6. The lowest BCUT2D eigenvalue weighted by molar-refractivity contribution is -0.903. The maximum Gasteiger partial charge on any atom is 0.279 e. The van der Waals surface area contributed by atoms with Crippen LogP contribution in [-0.2, 0) is 17.9 Å². The second kappa shape index (κ2) is 10.6. The van der Waals surface area contributed by atoms with Crippen molar-refractivity contribution in [3.63, 3.8) is 0 Å². The van der Waals surface area contributed by atoms with E-state index in [9.17, 15) is 4.79 Å². The highest BCUT2D eigenvalue weighted by atomic mass is 32.1. The van der Waals surface area contributed by atoms with Crippen molar-refractivity contribution < 1.29 is 19.2 Å². The van der Waals surface area contributed by atoms with Gasteiger partial charge in [0.1, 0.15) is 13.2 Å². The summed E-state index contributed by atoms with van der Waals surface area (Å²) in [6.07, 6.45) is 0. The van der Waals surface area contributed by atoms with Crippen LogP contribution in [0.15, 0.2) is 66.0 Å². The van der Waals surface area contributed by atoms with Gasteiger partial charge in [-0.1, -0.05) is 24.3 Å². The van der Waals surface area contributed by atoms with E-state index >= 15 is 0 Å². The van der Waals surface area contributed by atoms with Crippen molar-refractivity contribution in [3.05, 3.63) is 76.5 Å². The van der Waals surface area contributed by atoms with Crippen LogP contribution in [0.4, 0.5) is 5.69 Å². The van der Waals surface area contributed by atoms with E-state index in [1.807, 2.05) is 60.0 Å². The van der Waals surface area contributed by atoms with E-state index in [0.717, 1.165) is 30.1 Å². The van der Waals surface area contributed by atoms with Crippen LogP contribution in [0.1, 0.15) is 17.4 Å². The molecule has 1 heterocycles. The third-order valence-corrected chi connectivity index (χ3v) is 5.45. The highest BCUT2D eigenvalue weighted by molar-refractivity contribution is 7.09. The van der Waals surface area contributed by atoms with Gasteiger partial charge in [-0.05, 0) is 48.7 Å². The molecule has 0 aliphatic heterocycles. The molecule has 6 heteroatoms. The van der Waals surface area contributed by atoms with Gasteiger partial charge in [-0.25, -0.2) is 0 Å². The molecule has 0 saturated heterocycles. The number of carbonyl (C=O) groups is 1. The largest absolute Gasteiger partial charge is 0.493 e. The van der Waals surface area contributed by atoms with Gasteiger partial charge in [0, 0.05) is 16.1 Å². The van der Waals surface area contributed by atoms with E-state index in [4.69, 9.17) is 9.47 Å². The number of quaternary nitrogens is 1. The van der Waals surface area contributed by atoms with Gasteiger partial charge in [-0.3, -0.25) is 4.79 Å². The molecule has 1 amide bonds. The molecule has 0 aliphatic carbocycles. The van der Waals surface area contributed by atoms with Gasteiger partial charge in [0.15, 0.2) is 18.0 Å². The molecular formula is C23H27N2O3S+. The summed E-state index contributed by atoms with van der Waals surface area (Å²) in [5, 5.41) is 4.99. The number of amides is 1. The standard InChI is InChI=1S/C23H26N2O3S/c1-3-25(16-23(26)24-19-8-5-4-6-9-19)15-18-11-12-21(22(14-18)27-2)28-17-20-10-7-13-29-20/h4-14H,3,15-17H2,1-2H3,(H,24,26)/p+1. The first-order valence-corrected chi connectivity index (χ1v) is 10.6. The lowest BCUT2D eigenvalue weighted by Gasteiger charge is -2.18. The van der Waals surface area contributed by atoms with Crippen molar-refractivity contribution in [1.29, 1.82) is 0 Å². The number of likely N-dealkylation sites (N-methyl/N-ethyl adjacent to an activating group) is 1. The Labute approximate surface area is 175 Å².